The topological polar surface area (TPSA) is 146 Å². The highest BCUT2D eigenvalue weighted by Gasteiger charge is 2.37. The van der Waals surface area contributed by atoms with E-state index in [1.54, 1.807) is 7.11 Å². The van der Waals surface area contributed by atoms with Gasteiger partial charge in [-0.15, -0.1) is 0 Å². The number of carbonyl (C=O) groups excluding carboxylic acids is 4. The van der Waals surface area contributed by atoms with Crippen LogP contribution in [-0.2, 0) is 30.3 Å². The fourth-order valence-corrected chi connectivity index (χ4v) is 3.82. The van der Waals surface area contributed by atoms with Crippen molar-refractivity contribution in [3.63, 3.8) is 0 Å². The first kappa shape index (κ1) is 36.0. The number of nitrogens with one attached hydrogen (secondary N) is 3. The Bertz CT molecular complexity index is 1130. The second-order valence-electron chi connectivity index (χ2n) is 9.13. The van der Waals surface area contributed by atoms with Gasteiger partial charge >= 0.3 is 0 Å². The van der Waals surface area contributed by atoms with Gasteiger partial charge in [0.25, 0.3) is 0 Å². The van der Waals surface area contributed by atoms with Crippen LogP contribution in [0.15, 0.2) is 66.2 Å². The van der Waals surface area contributed by atoms with Crippen LogP contribution in [0.4, 0.5) is 0 Å². The number of carbonyl (C=O) groups is 4. The van der Waals surface area contributed by atoms with Gasteiger partial charge in [0, 0.05) is 12.7 Å². The summed E-state index contributed by atoms with van der Waals surface area (Å²) in [4.78, 5) is 48.4. The number of allylic oxidation sites excluding steroid dienone is 1. The van der Waals surface area contributed by atoms with Crippen molar-refractivity contribution >= 4 is 23.5 Å². The smallest absolute Gasteiger partial charge is 0.247 e. The molecular formula is C32H45N3O7. The number of amides is 3. The normalized spacial score (nSPS) is 14.9. The highest BCUT2D eigenvalue weighted by atomic mass is 16.6. The van der Waals surface area contributed by atoms with Gasteiger partial charge in [-0.25, -0.2) is 0 Å². The number of aryl methyl sites for hydroxylation is 1. The summed E-state index contributed by atoms with van der Waals surface area (Å²) >= 11 is 0. The third-order valence-corrected chi connectivity index (χ3v) is 6.06. The molecule has 0 radical (unpaired) electrons. The SMILES string of the molecule is CC.CO.COc1ccc(C)cc1.O=C(CNC(=O)C1=CCCC1)NCC(=O)N[C@@H](Cc1ccccc1)C(=O)C1CO1. The molecule has 3 amide bonds. The van der Waals surface area contributed by atoms with Crippen molar-refractivity contribution in [3.05, 3.63) is 77.4 Å². The zero-order valence-electron chi connectivity index (χ0n) is 25.3. The summed E-state index contributed by atoms with van der Waals surface area (Å²) < 4.78 is 10.0. The Morgan fingerprint density at radius 3 is 2.12 bits per heavy atom. The molecule has 42 heavy (non-hydrogen) atoms. The maximum Gasteiger partial charge on any atom is 0.247 e. The van der Waals surface area contributed by atoms with Crippen LogP contribution in [0.3, 0.4) is 0 Å². The number of hydrogen-bond donors (Lipinski definition) is 4. The monoisotopic (exact) mass is 583 g/mol. The van der Waals surface area contributed by atoms with Crippen molar-refractivity contribution in [2.45, 2.75) is 58.6 Å². The van der Waals surface area contributed by atoms with Crippen LogP contribution >= 0.6 is 0 Å². The van der Waals surface area contributed by atoms with E-state index in [4.69, 9.17) is 14.6 Å². The van der Waals surface area contributed by atoms with E-state index in [0.29, 0.717) is 18.6 Å². The van der Waals surface area contributed by atoms with Gasteiger partial charge in [0.2, 0.25) is 17.7 Å². The third-order valence-electron chi connectivity index (χ3n) is 6.06. The summed E-state index contributed by atoms with van der Waals surface area (Å²) in [6.07, 6.45) is 4.29. The Morgan fingerprint density at radius 1 is 0.952 bits per heavy atom. The molecule has 1 fully saturated rings. The molecule has 1 unspecified atom stereocenters. The number of aliphatic hydroxyl groups excluding tert-OH is 1. The highest BCUT2D eigenvalue weighted by Crippen LogP contribution is 2.17. The van der Waals surface area contributed by atoms with Crippen molar-refractivity contribution in [1.29, 1.82) is 0 Å². The number of benzene rings is 2. The second-order valence-corrected chi connectivity index (χ2v) is 9.13. The van der Waals surface area contributed by atoms with E-state index in [9.17, 15) is 19.2 Å². The number of aliphatic hydroxyl groups is 1. The van der Waals surface area contributed by atoms with Crippen molar-refractivity contribution in [1.82, 2.24) is 16.0 Å². The summed E-state index contributed by atoms with van der Waals surface area (Å²) in [5, 5.41) is 14.7. The highest BCUT2D eigenvalue weighted by molar-refractivity contribution is 5.97. The molecule has 2 aromatic carbocycles. The predicted molar refractivity (Wildman–Crippen MR) is 162 cm³/mol. The minimum absolute atomic E-state index is 0.175. The largest absolute Gasteiger partial charge is 0.497 e. The number of methoxy groups -OCH3 is 1. The van der Waals surface area contributed by atoms with Crippen LogP contribution in [0.25, 0.3) is 0 Å². The van der Waals surface area contributed by atoms with E-state index < -0.39 is 24.0 Å². The van der Waals surface area contributed by atoms with Crippen LogP contribution in [0.1, 0.15) is 44.2 Å². The fourth-order valence-electron chi connectivity index (χ4n) is 3.82. The lowest BCUT2D eigenvalue weighted by Gasteiger charge is -2.17. The lowest BCUT2D eigenvalue weighted by molar-refractivity contribution is -0.129. The average molecular weight is 584 g/mol. The molecule has 1 saturated heterocycles. The Morgan fingerprint density at radius 2 is 1.57 bits per heavy atom. The molecule has 10 nitrogen and oxygen atoms in total. The molecular weight excluding hydrogens is 538 g/mol. The first-order valence-electron chi connectivity index (χ1n) is 14.1. The van der Waals surface area contributed by atoms with Gasteiger partial charge in [-0.05, 0) is 50.3 Å². The van der Waals surface area contributed by atoms with E-state index >= 15 is 0 Å². The number of hydrogen-bond acceptors (Lipinski definition) is 7. The van der Waals surface area contributed by atoms with E-state index in [-0.39, 0.29) is 24.8 Å². The van der Waals surface area contributed by atoms with E-state index in [0.717, 1.165) is 37.7 Å². The molecule has 1 aliphatic heterocycles. The lowest BCUT2D eigenvalue weighted by atomic mass is 10.0. The molecule has 0 saturated carbocycles. The molecule has 10 heteroatoms. The molecule has 0 bridgehead atoms. The van der Waals surface area contributed by atoms with E-state index in [1.165, 1.54) is 5.56 Å². The Kier molecular flexibility index (Phi) is 17.8. The molecule has 2 aliphatic rings. The zero-order chi connectivity index (χ0) is 31.3. The Hall–Kier alpha value is -4.02. The van der Waals surface area contributed by atoms with Gasteiger partial charge in [0.1, 0.15) is 11.9 Å². The Labute approximate surface area is 248 Å². The minimum atomic E-state index is -0.719. The van der Waals surface area contributed by atoms with Crippen LogP contribution in [0, 0.1) is 6.92 Å². The van der Waals surface area contributed by atoms with E-state index in [2.05, 4.69) is 22.9 Å². The fraction of sp³-hybridized carbons (Fsp3) is 0.438. The number of ether oxygens (including phenoxy) is 2. The maximum absolute atomic E-state index is 12.4. The molecule has 2 atom stereocenters. The van der Waals surface area contributed by atoms with Crippen LogP contribution in [-0.4, -0.2) is 74.7 Å². The van der Waals surface area contributed by atoms with Gasteiger partial charge in [0.05, 0.1) is 32.8 Å². The summed E-state index contributed by atoms with van der Waals surface area (Å²) in [6, 6.07) is 16.6. The molecule has 4 N–H and O–H groups in total. The quantitative estimate of drug-likeness (QED) is 0.298. The minimum Gasteiger partial charge on any atom is -0.497 e. The molecule has 0 spiro atoms. The van der Waals surface area contributed by atoms with Crippen molar-refractivity contribution in [2.24, 2.45) is 0 Å². The van der Waals surface area contributed by atoms with Crippen molar-refractivity contribution in [3.8, 4) is 5.75 Å². The van der Waals surface area contributed by atoms with Crippen LogP contribution in [0.2, 0.25) is 0 Å². The van der Waals surface area contributed by atoms with Gasteiger partial charge in [0.15, 0.2) is 5.78 Å². The lowest BCUT2D eigenvalue weighted by Crippen LogP contribution is -2.49. The number of ketones is 1. The predicted octanol–water partition coefficient (Wildman–Crippen LogP) is 2.66. The first-order chi connectivity index (χ1) is 20.4. The number of epoxide rings is 1. The maximum atomic E-state index is 12.4. The van der Waals surface area contributed by atoms with Gasteiger partial charge in [-0.1, -0.05) is 68.0 Å². The molecule has 230 valence electrons. The summed E-state index contributed by atoms with van der Waals surface area (Å²) in [5.74, 6) is -0.451. The zero-order valence-corrected chi connectivity index (χ0v) is 25.3. The molecule has 1 aliphatic carbocycles. The second kappa shape index (κ2) is 20.8. The molecule has 4 rings (SSSR count). The van der Waals surface area contributed by atoms with E-state index in [1.807, 2.05) is 74.5 Å². The van der Waals surface area contributed by atoms with Crippen LogP contribution in [0.5, 0.6) is 5.75 Å². The third kappa shape index (κ3) is 14.0. The average Bonchev–Trinajstić information content (AvgIpc) is 3.74. The molecule has 0 aromatic heterocycles. The van der Waals surface area contributed by atoms with Gasteiger partial charge < -0.3 is 30.5 Å². The van der Waals surface area contributed by atoms with Crippen LogP contribution < -0.4 is 20.7 Å². The number of rotatable bonds is 11. The summed E-state index contributed by atoms with van der Waals surface area (Å²) in [6.45, 7) is 5.94. The first-order valence-corrected chi connectivity index (χ1v) is 14.1. The van der Waals surface area contributed by atoms with Gasteiger partial charge in [-0.2, -0.15) is 0 Å². The standard InChI is InChI=1S/C21H25N3O5.C8H10O.C2H6.CH4O/c25-18(11-23-21(28)15-8-4-5-9-15)22-12-19(26)24-16(20(27)17-13-29-17)10-14-6-2-1-3-7-14;1-7-3-5-8(9-2)6-4-7;2*1-2/h1-3,6-8,16-17H,4-5,9-13H2,(H,22,25)(H,23,28)(H,24,26);3-6H,1-2H3;1-2H3;2H,1H3/t16-,17?;;;/m0.../s1. The molecule has 1 heterocycles. The van der Waals surface area contributed by atoms with Crippen molar-refractivity contribution in [2.75, 3.05) is 33.9 Å². The summed E-state index contributed by atoms with van der Waals surface area (Å²) in [5.41, 5.74) is 2.87. The Balaban J connectivity index is 0.000000569. The van der Waals surface area contributed by atoms with Gasteiger partial charge in [-0.3, -0.25) is 19.2 Å². The molecule has 2 aromatic rings. The summed E-state index contributed by atoms with van der Waals surface area (Å²) in [7, 11) is 2.67. The van der Waals surface area contributed by atoms with Crippen molar-refractivity contribution < 1.29 is 33.8 Å². The number of Topliss-reactive ketones (excluding diaryl/α,β-unsaturated/α-hetero) is 1.